The van der Waals surface area contributed by atoms with E-state index in [1.54, 1.807) is 0 Å². The van der Waals surface area contributed by atoms with Gasteiger partial charge in [-0.2, -0.15) is 0 Å². The standard InChI is InChI=1S/C13H16N2O4/c1-8-6-14(7-9(8)2)12-5-10(15(18)19)3-4-11(12)13(16)17/h3-5,8-9H,6-7H2,1-2H3,(H,16,17). The summed E-state index contributed by atoms with van der Waals surface area (Å²) >= 11 is 0. The molecule has 0 spiro atoms. The van der Waals surface area contributed by atoms with Crippen LogP contribution in [0.15, 0.2) is 18.2 Å². The maximum Gasteiger partial charge on any atom is 0.337 e. The molecule has 2 atom stereocenters. The van der Waals surface area contributed by atoms with E-state index in [2.05, 4.69) is 13.8 Å². The first-order chi connectivity index (χ1) is 8.90. The molecule has 1 saturated heterocycles. The summed E-state index contributed by atoms with van der Waals surface area (Å²) in [6, 6.07) is 3.90. The average Bonchev–Trinajstić information content (AvgIpc) is 2.68. The van der Waals surface area contributed by atoms with Crippen molar-refractivity contribution in [2.45, 2.75) is 13.8 Å². The summed E-state index contributed by atoms with van der Waals surface area (Å²) in [5, 5.41) is 20.0. The first-order valence-corrected chi connectivity index (χ1v) is 6.17. The van der Waals surface area contributed by atoms with Gasteiger partial charge in [-0.15, -0.1) is 0 Å². The van der Waals surface area contributed by atoms with E-state index in [0.717, 1.165) is 13.1 Å². The fourth-order valence-electron chi connectivity index (χ4n) is 2.40. The summed E-state index contributed by atoms with van der Waals surface area (Å²) in [6.07, 6.45) is 0. The Hall–Kier alpha value is -2.11. The number of hydrogen-bond acceptors (Lipinski definition) is 4. The van der Waals surface area contributed by atoms with Crippen molar-refractivity contribution in [1.82, 2.24) is 0 Å². The van der Waals surface area contributed by atoms with Gasteiger partial charge in [0.05, 0.1) is 16.2 Å². The molecule has 2 rings (SSSR count). The van der Waals surface area contributed by atoms with E-state index in [-0.39, 0.29) is 11.3 Å². The van der Waals surface area contributed by atoms with Gasteiger partial charge in [0.2, 0.25) is 0 Å². The second-order valence-electron chi connectivity index (χ2n) is 5.12. The minimum Gasteiger partial charge on any atom is -0.478 e. The predicted molar refractivity (Wildman–Crippen MR) is 70.6 cm³/mol. The molecule has 0 radical (unpaired) electrons. The van der Waals surface area contributed by atoms with Gasteiger partial charge in [0.1, 0.15) is 0 Å². The molecule has 6 nitrogen and oxygen atoms in total. The number of carboxylic acid groups (broad SMARTS) is 1. The quantitative estimate of drug-likeness (QED) is 0.669. The van der Waals surface area contributed by atoms with Crippen molar-refractivity contribution >= 4 is 17.3 Å². The number of carbonyl (C=O) groups is 1. The lowest BCUT2D eigenvalue weighted by Gasteiger charge is -2.20. The van der Waals surface area contributed by atoms with Gasteiger partial charge in [-0.1, -0.05) is 13.8 Å². The van der Waals surface area contributed by atoms with Crippen LogP contribution in [0.2, 0.25) is 0 Å². The van der Waals surface area contributed by atoms with Crippen molar-refractivity contribution in [1.29, 1.82) is 0 Å². The van der Waals surface area contributed by atoms with Gasteiger partial charge in [0.15, 0.2) is 0 Å². The molecular formula is C13H16N2O4. The highest BCUT2D eigenvalue weighted by molar-refractivity contribution is 5.95. The van der Waals surface area contributed by atoms with E-state index in [0.29, 0.717) is 17.5 Å². The van der Waals surface area contributed by atoms with Crippen molar-refractivity contribution in [3.05, 3.63) is 33.9 Å². The van der Waals surface area contributed by atoms with Gasteiger partial charge < -0.3 is 10.0 Å². The molecule has 1 aliphatic rings. The first kappa shape index (κ1) is 13.3. The number of anilines is 1. The van der Waals surface area contributed by atoms with Crippen LogP contribution in [0, 0.1) is 22.0 Å². The van der Waals surface area contributed by atoms with E-state index in [4.69, 9.17) is 0 Å². The minimum absolute atomic E-state index is 0.0767. The maximum absolute atomic E-state index is 11.2. The predicted octanol–water partition coefficient (Wildman–Crippen LogP) is 2.39. The highest BCUT2D eigenvalue weighted by atomic mass is 16.6. The van der Waals surface area contributed by atoms with Crippen LogP contribution < -0.4 is 4.90 Å². The lowest BCUT2D eigenvalue weighted by molar-refractivity contribution is -0.384. The first-order valence-electron chi connectivity index (χ1n) is 6.17. The normalized spacial score (nSPS) is 22.5. The summed E-state index contributed by atoms with van der Waals surface area (Å²) in [7, 11) is 0. The molecule has 1 fully saturated rings. The highest BCUT2D eigenvalue weighted by Gasteiger charge is 2.29. The number of hydrogen-bond donors (Lipinski definition) is 1. The van der Waals surface area contributed by atoms with E-state index in [1.165, 1.54) is 18.2 Å². The molecule has 2 unspecified atom stereocenters. The van der Waals surface area contributed by atoms with Crippen LogP contribution in [0.5, 0.6) is 0 Å². The van der Waals surface area contributed by atoms with E-state index < -0.39 is 10.9 Å². The SMILES string of the molecule is CC1CN(c2cc([N+](=O)[O-])ccc2C(=O)O)CC1C. The van der Waals surface area contributed by atoms with Gasteiger partial charge in [0, 0.05) is 25.2 Å². The molecule has 6 heteroatoms. The molecule has 1 aliphatic heterocycles. The lowest BCUT2D eigenvalue weighted by Crippen LogP contribution is -2.22. The van der Waals surface area contributed by atoms with Gasteiger partial charge in [-0.05, 0) is 17.9 Å². The van der Waals surface area contributed by atoms with Crippen LogP contribution in [0.25, 0.3) is 0 Å². The number of nitrogens with zero attached hydrogens (tertiary/aromatic N) is 2. The molecule has 0 bridgehead atoms. The van der Waals surface area contributed by atoms with E-state index in [9.17, 15) is 20.0 Å². The number of carboxylic acids is 1. The smallest absolute Gasteiger partial charge is 0.337 e. The van der Waals surface area contributed by atoms with Crippen molar-refractivity contribution in [3.63, 3.8) is 0 Å². The third kappa shape index (κ3) is 2.52. The monoisotopic (exact) mass is 264 g/mol. The number of benzene rings is 1. The molecule has 1 N–H and O–H groups in total. The number of nitro groups is 1. The number of nitro benzene ring substituents is 1. The Morgan fingerprint density at radius 1 is 1.37 bits per heavy atom. The van der Waals surface area contributed by atoms with Crippen molar-refractivity contribution < 1.29 is 14.8 Å². The molecule has 0 amide bonds. The molecule has 19 heavy (non-hydrogen) atoms. The Labute approximate surface area is 110 Å². The second kappa shape index (κ2) is 4.87. The molecule has 1 aromatic carbocycles. The van der Waals surface area contributed by atoms with Gasteiger partial charge >= 0.3 is 5.97 Å². The minimum atomic E-state index is -1.06. The summed E-state index contributed by atoms with van der Waals surface area (Å²) in [4.78, 5) is 23.5. The number of aromatic carboxylic acids is 1. The summed E-state index contributed by atoms with van der Waals surface area (Å²) in [5.74, 6) is -0.168. The van der Waals surface area contributed by atoms with E-state index in [1.807, 2.05) is 4.90 Å². The van der Waals surface area contributed by atoms with Crippen LogP contribution >= 0.6 is 0 Å². The van der Waals surface area contributed by atoms with E-state index >= 15 is 0 Å². The number of non-ortho nitro benzene ring substituents is 1. The maximum atomic E-state index is 11.2. The fraction of sp³-hybridized carbons (Fsp3) is 0.462. The van der Waals surface area contributed by atoms with Crippen LogP contribution in [-0.2, 0) is 0 Å². The fourth-order valence-corrected chi connectivity index (χ4v) is 2.40. The van der Waals surface area contributed by atoms with Crippen LogP contribution in [0.1, 0.15) is 24.2 Å². The Morgan fingerprint density at radius 2 is 1.95 bits per heavy atom. The van der Waals surface area contributed by atoms with Gasteiger partial charge in [-0.25, -0.2) is 4.79 Å². The van der Waals surface area contributed by atoms with Crippen molar-refractivity contribution in [3.8, 4) is 0 Å². The Kier molecular flexibility index (Phi) is 3.42. The summed E-state index contributed by atoms with van der Waals surface area (Å²) in [5.41, 5.74) is 0.483. The van der Waals surface area contributed by atoms with Crippen molar-refractivity contribution in [2.75, 3.05) is 18.0 Å². The number of rotatable bonds is 3. The topological polar surface area (TPSA) is 83.7 Å². The Balaban J connectivity index is 2.44. The zero-order valence-corrected chi connectivity index (χ0v) is 10.9. The molecular weight excluding hydrogens is 248 g/mol. The summed E-state index contributed by atoms with van der Waals surface area (Å²) in [6.45, 7) is 5.65. The zero-order chi connectivity index (χ0) is 14.2. The molecule has 102 valence electrons. The molecule has 1 aromatic rings. The molecule has 0 saturated carbocycles. The van der Waals surface area contributed by atoms with Crippen molar-refractivity contribution in [2.24, 2.45) is 11.8 Å². The lowest BCUT2D eigenvalue weighted by atomic mass is 10.0. The second-order valence-corrected chi connectivity index (χ2v) is 5.12. The highest BCUT2D eigenvalue weighted by Crippen LogP contribution is 2.32. The third-order valence-corrected chi connectivity index (χ3v) is 3.75. The Morgan fingerprint density at radius 3 is 2.42 bits per heavy atom. The van der Waals surface area contributed by atoms with Gasteiger partial charge in [0.25, 0.3) is 5.69 Å². The molecule has 0 aromatic heterocycles. The van der Waals surface area contributed by atoms with Crippen LogP contribution in [-0.4, -0.2) is 29.1 Å². The Bertz CT molecular complexity index is 519. The van der Waals surface area contributed by atoms with Crippen LogP contribution in [0.4, 0.5) is 11.4 Å². The largest absolute Gasteiger partial charge is 0.478 e. The molecule has 0 aliphatic carbocycles. The molecule has 1 heterocycles. The van der Waals surface area contributed by atoms with Gasteiger partial charge in [-0.3, -0.25) is 10.1 Å². The third-order valence-electron chi connectivity index (χ3n) is 3.75. The zero-order valence-electron chi connectivity index (χ0n) is 10.9. The summed E-state index contributed by atoms with van der Waals surface area (Å²) < 4.78 is 0. The average molecular weight is 264 g/mol. The van der Waals surface area contributed by atoms with Crippen LogP contribution in [0.3, 0.4) is 0 Å².